The van der Waals surface area contributed by atoms with E-state index >= 15 is 0 Å². The molecule has 0 aromatic carbocycles. The van der Waals surface area contributed by atoms with E-state index in [1.165, 1.54) is 11.3 Å². The predicted molar refractivity (Wildman–Crippen MR) is 70.2 cm³/mol. The number of thiazole rings is 1. The molecule has 7 heteroatoms. The van der Waals surface area contributed by atoms with Gasteiger partial charge in [0.15, 0.2) is 14.3 Å². The summed E-state index contributed by atoms with van der Waals surface area (Å²) in [7, 11) is -3.04. The lowest BCUT2D eigenvalue weighted by molar-refractivity contribution is 0.401. The van der Waals surface area contributed by atoms with E-state index in [0.717, 1.165) is 30.8 Å². The molecule has 0 saturated carbocycles. The van der Waals surface area contributed by atoms with Gasteiger partial charge in [0, 0.05) is 11.1 Å². The summed E-state index contributed by atoms with van der Waals surface area (Å²) in [4.78, 5) is 4.58. The molecule has 1 aliphatic heterocycles. The molecule has 1 N–H and O–H groups in total. The summed E-state index contributed by atoms with van der Waals surface area (Å²) in [5.74, 6) is 0.649. The maximum absolute atomic E-state index is 12.0. The molecule has 2 rings (SSSR count). The first-order chi connectivity index (χ1) is 8.05. The van der Waals surface area contributed by atoms with Gasteiger partial charge in [0.05, 0.1) is 11.5 Å². The first-order valence-corrected chi connectivity index (χ1v) is 8.58. The van der Waals surface area contributed by atoms with Crippen LogP contribution in [0.1, 0.15) is 17.7 Å². The van der Waals surface area contributed by atoms with Gasteiger partial charge in [0.2, 0.25) is 0 Å². The third-order valence-corrected chi connectivity index (χ3v) is 5.86. The Kier molecular flexibility index (Phi) is 4.41. The van der Waals surface area contributed by atoms with Crippen LogP contribution >= 0.6 is 22.9 Å². The molecule has 1 fully saturated rings. The average molecular weight is 295 g/mol. The maximum atomic E-state index is 12.0. The van der Waals surface area contributed by atoms with Crippen molar-refractivity contribution in [3.63, 3.8) is 0 Å². The Balaban J connectivity index is 1.94. The summed E-state index contributed by atoms with van der Waals surface area (Å²) >= 11 is 6.92. The minimum absolute atomic E-state index is 0.0707. The summed E-state index contributed by atoms with van der Waals surface area (Å²) in [6.45, 7) is 1.85. The smallest absolute Gasteiger partial charge is 0.183 e. The molecule has 1 aromatic heterocycles. The first-order valence-electron chi connectivity index (χ1n) is 5.56. The van der Waals surface area contributed by atoms with Crippen molar-refractivity contribution in [2.45, 2.75) is 18.6 Å². The molecule has 0 amide bonds. The molecule has 1 aliphatic rings. The van der Waals surface area contributed by atoms with Crippen molar-refractivity contribution in [1.29, 1.82) is 0 Å². The quantitative estimate of drug-likeness (QED) is 0.918. The van der Waals surface area contributed by atoms with Gasteiger partial charge in [0.25, 0.3) is 0 Å². The zero-order valence-corrected chi connectivity index (χ0v) is 11.7. The number of piperidine rings is 1. The summed E-state index contributed by atoms with van der Waals surface area (Å²) in [6, 6.07) is 0. The van der Waals surface area contributed by atoms with Crippen LogP contribution in [0.25, 0.3) is 0 Å². The fraction of sp³-hybridized carbons (Fsp3) is 0.700. The zero-order valence-electron chi connectivity index (χ0n) is 9.36. The molecule has 0 atom stereocenters. The Bertz CT molecular complexity index is 466. The molecular weight excluding hydrogens is 280 g/mol. The predicted octanol–water partition coefficient (Wildman–Crippen LogP) is 1.71. The van der Waals surface area contributed by atoms with Gasteiger partial charge in [-0.05, 0) is 31.8 Å². The number of sulfone groups is 1. The van der Waals surface area contributed by atoms with E-state index in [4.69, 9.17) is 11.6 Å². The van der Waals surface area contributed by atoms with Crippen molar-refractivity contribution in [3.8, 4) is 0 Å². The van der Waals surface area contributed by atoms with Gasteiger partial charge in [-0.2, -0.15) is 0 Å². The number of rotatable bonds is 4. The van der Waals surface area contributed by atoms with E-state index in [2.05, 4.69) is 10.3 Å². The molecule has 0 aliphatic carbocycles. The van der Waals surface area contributed by atoms with Crippen LogP contribution in [0.4, 0.5) is 0 Å². The van der Waals surface area contributed by atoms with E-state index < -0.39 is 9.84 Å². The lowest BCUT2D eigenvalue weighted by Gasteiger charge is -2.22. The summed E-state index contributed by atoms with van der Waals surface area (Å²) in [5.41, 5.74) is 0. The van der Waals surface area contributed by atoms with Gasteiger partial charge >= 0.3 is 0 Å². The average Bonchev–Trinajstić information content (AvgIpc) is 2.63. The van der Waals surface area contributed by atoms with Gasteiger partial charge in [-0.25, -0.2) is 13.4 Å². The molecule has 1 saturated heterocycles. The second-order valence-electron chi connectivity index (χ2n) is 4.33. The van der Waals surface area contributed by atoms with Gasteiger partial charge in [-0.15, -0.1) is 11.3 Å². The normalized spacial score (nSPS) is 18.4. The fourth-order valence-corrected chi connectivity index (χ4v) is 5.26. The Morgan fingerprint density at radius 1 is 1.47 bits per heavy atom. The minimum atomic E-state index is -3.04. The molecule has 0 spiro atoms. The molecule has 1 aromatic rings. The summed E-state index contributed by atoms with van der Waals surface area (Å²) in [5, 5.41) is 3.23. The number of halogens is 1. The Labute approximate surface area is 110 Å². The SMILES string of the molecule is O=S(=O)(Cc1cnc(Cl)s1)CC1CCNCC1. The highest BCUT2D eigenvalue weighted by molar-refractivity contribution is 7.90. The van der Waals surface area contributed by atoms with Crippen LogP contribution in [0.15, 0.2) is 6.20 Å². The van der Waals surface area contributed by atoms with E-state index in [1.54, 1.807) is 6.20 Å². The third kappa shape index (κ3) is 4.21. The van der Waals surface area contributed by atoms with Gasteiger partial charge in [0.1, 0.15) is 0 Å². The number of hydrogen-bond acceptors (Lipinski definition) is 5. The van der Waals surface area contributed by atoms with Gasteiger partial charge in [-0.3, -0.25) is 0 Å². The molecule has 0 unspecified atom stereocenters. The molecule has 2 heterocycles. The van der Waals surface area contributed by atoms with Gasteiger partial charge < -0.3 is 5.32 Å². The molecule has 4 nitrogen and oxygen atoms in total. The zero-order chi connectivity index (χ0) is 12.3. The maximum Gasteiger partial charge on any atom is 0.183 e. The van der Waals surface area contributed by atoms with Crippen molar-refractivity contribution in [1.82, 2.24) is 10.3 Å². The third-order valence-electron chi connectivity index (χ3n) is 2.84. The summed E-state index contributed by atoms with van der Waals surface area (Å²) in [6.07, 6.45) is 3.44. The minimum Gasteiger partial charge on any atom is -0.317 e. The van der Waals surface area contributed by atoms with E-state index in [9.17, 15) is 8.42 Å². The fourth-order valence-electron chi connectivity index (χ4n) is 2.03. The lowest BCUT2D eigenvalue weighted by atomic mass is 10.0. The Morgan fingerprint density at radius 3 is 2.76 bits per heavy atom. The highest BCUT2D eigenvalue weighted by Gasteiger charge is 2.22. The number of nitrogens with zero attached hydrogens (tertiary/aromatic N) is 1. The van der Waals surface area contributed by atoms with Crippen LogP contribution in [0.2, 0.25) is 4.47 Å². The van der Waals surface area contributed by atoms with Gasteiger partial charge in [-0.1, -0.05) is 11.6 Å². The monoisotopic (exact) mass is 294 g/mol. The number of aromatic nitrogens is 1. The van der Waals surface area contributed by atoms with Crippen LogP contribution in [0.3, 0.4) is 0 Å². The Hall–Kier alpha value is -0.170. The van der Waals surface area contributed by atoms with Crippen LogP contribution in [0.5, 0.6) is 0 Å². The van der Waals surface area contributed by atoms with Crippen molar-refractivity contribution in [2.75, 3.05) is 18.8 Å². The number of hydrogen-bond donors (Lipinski definition) is 1. The molecule has 17 heavy (non-hydrogen) atoms. The van der Waals surface area contributed by atoms with Crippen LogP contribution in [-0.2, 0) is 15.6 Å². The second kappa shape index (κ2) is 5.65. The summed E-state index contributed by atoms with van der Waals surface area (Å²) < 4.78 is 24.4. The first kappa shape index (κ1) is 13.3. The van der Waals surface area contributed by atoms with Crippen molar-refractivity contribution in [2.24, 2.45) is 5.92 Å². The molecule has 0 bridgehead atoms. The second-order valence-corrected chi connectivity index (χ2v) is 8.13. The standard InChI is InChI=1S/C10H15ClN2O2S2/c11-10-13-5-9(16-10)7-17(14,15)6-8-1-3-12-4-2-8/h5,8,12H,1-4,6-7H2. The van der Waals surface area contributed by atoms with Crippen LogP contribution in [-0.4, -0.2) is 32.2 Å². The van der Waals surface area contributed by atoms with E-state index in [1.807, 2.05) is 0 Å². The molecule has 96 valence electrons. The van der Waals surface area contributed by atoms with Crippen molar-refractivity contribution >= 4 is 32.8 Å². The molecular formula is C10H15ClN2O2S2. The highest BCUT2D eigenvalue weighted by atomic mass is 35.5. The van der Waals surface area contributed by atoms with Crippen LogP contribution < -0.4 is 5.32 Å². The topological polar surface area (TPSA) is 59.1 Å². The highest BCUT2D eigenvalue weighted by Crippen LogP contribution is 2.22. The van der Waals surface area contributed by atoms with Crippen molar-refractivity contribution < 1.29 is 8.42 Å². The Morgan fingerprint density at radius 2 is 2.18 bits per heavy atom. The molecule has 0 radical (unpaired) electrons. The lowest BCUT2D eigenvalue weighted by Crippen LogP contribution is -2.31. The van der Waals surface area contributed by atoms with Crippen molar-refractivity contribution in [3.05, 3.63) is 15.5 Å². The van der Waals surface area contributed by atoms with Crippen LogP contribution in [0, 0.1) is 5.92 Å². The largest absolute Gasteiger partial charge is 0.317 e. The van der Waals surface area contributed by atoms with E-state index in [-0.39, 0.29) is 11.5 Å². The number of nitrogens with one attached hydrogen (secondary N) is 1. The van der Waals surface area contributed by atoms with E-state index in [0.29, 0.717) is 10.4 Å².